The summed E-state index contributed by atoms with van der Waals surface area (Å²) < 4.78 is 5.51. The molecule has 1 N–H and O–H groups in total. The third kappa shape index (κ3) is 4.32. The molecule has 2 aromatic rings. The lowest BCUT2D eigenvalue weighted by Crippen LogP contribution is -2.42. The monoisotopic (exact) mass is 560 g/mol. The number of nitriles is 1. The Balaban J connectivity index is 1.66. The van der Waals surface area contributed by atoms with Crippen molar-refractivity contribution in [3.8, 4) is 11.8 Å². The zero-order valence-corrected chi connectivity index (χ0v) is 25.8. The van der Waals surface area contributed by atoms with Crippen LogP contribution in [0, 0.1) is 16.7 Å². The summed E-state index contributed by atoms with van der Waals surface area (Å²) in [5, 5.41) is 17.9. The molecule has 0 aromatic heterocycles. The summed E-state index contributed by atoms with van der Waals surface area (Å²) in [7, 11) is 1.66. The molecule has 6 nitrogen and oxygen atoms in total. The van der Waals surface area contributed by atoms with Crippen molar-refractivity contribution < 1.29 is 9.53 Å². The molecule has 0 saturated carbocycles. The Morgan fingerprint density at radius 1 is 1.10 bits per heavy atom. The van der Waals surface area contributed by atoms with Gasteiger partial charge in [-0.2, -0.15) is 5.26 Å². The topological polar surface area (TPSA) is 80.4 Å². The number of likely N-dealkylation sites (N-methyl/N-ethyl adjacent to an activating group) is 1. The van der Waals surface area contributed by atoms with E-state index in [4.69, 9.17) is 10.1 Å². The summed E-state index contributed by atoms with van der Waals surface area (Å²) in [6, 6.07) is 16.6. The van der Waals surface area contributed by atoms with Gasteiger partial charge in [-0.3, -0.25) is 10.2 Å². The number of methoxy groups -OCH3 is 1. The molecule has 42 heavy (non-hydrogen) atoms. The quantitative estimate of drug-likeness (QED) is 0.210. The van der Waals surface area contributed by atoms with E-state index in [1.165, 1.54) is 11.3 Å². The predicted molar refractivity (Wildman–Crippen MR) is 170 cm³/mol. The van der Waals surface area contributed by atoms with E-state index in [0.717, 1.165) is 48.6 Å². The number of carbonyl (C=O) groups is 1. The van der Waals surface area contributed by atoms with Gasteiger partial charge in [0, 0.05) is 57.7 Å². The maximum Gasteiger partial charge on any atom is 0.194 e. The standard InChI is InChI=1S/C36H40N4O2/c1-8-10-17-40-29-14-12-11-13-27(29)35(3,4)32(40)20-26-33(23(21-37)22-38)25(34(26)41)19-31-36(5,6)28-18-24(42-7)15-16-30(28)39(31)9-2/h11-16,18-20,32,37H,8-10,17H2,1-7H3/b26-20-,31-19-. The summed E-state index contributed by atoms with van der Waals surface area (Å²) in [5.41, 5.74) is 6.57. The Morgan fingerprint density at radius 2 is 1.83 bits per heavy atom. The molecule has 2 heterocycles. The number of hydrogen-bond acceptors (Lipinski definition) is 6. The van der Waals surface area contributed by atoms with E-state index in [2.05, 4.69) is 99.7 Å². The fraction of sp³-hybridized carbons (Fsp3) is 0.389. The number of para-hydroxylation sites is 1. The summed E-state index contributed by atoms with van der Waals surface area (Å²) in [6.07, 6.45) is 6.08. The smallest absolute Gasteiger partial charge is 0.194 e. The maximum absolute atomic E-state index is 14.0. The van der Waals surface area contributed by atoms with Crippen LogP contribution >= 0.6 is 0 Å². The van der Waals surface area contributed by atoms with Crippen molar-refractivity contribution in [2.45, 2.75) is 71.3 Å². The average molecular weight is 561 g/mol. The van der Waals surface area contributed by atoms with Gasteiger partial charge in [0.05, 0.1) is 13.2 Å². The number of nitrogens with zero attached hydrogens (tertiary/aromatic N) is 3. The Hall–Kier alpha value is -4.33. The van der Waals surface area contributed by atoms with E-state index >= 15 is 0 Å². The van der Waals surface area contributed by atoms with Crippen molar-refractivity contribution in [1.82, 2.24) is 0 Å². The second-order valence-electron chi connectivity index (χ2n) is 12.3. The minimum Gasteiger partial charge on any atom is -0.497 e. The summed E-state index contributed by atoms with van der Waals surface area (Å²) >= 11 is 0. The molecule has 0 bridgehead atoms. The number of ketones is 1. The first kappa shape index (κ1) is 29.2. The SMILES string of the molecule is CCCCN1c2ccccc2C(C)(C)C1/C=C1\C(=O)C(/C=C2\N(CC)c3ccc(OC)cc3C2(C)C)=C1C(=C=N)C#N. The van der Waals surface area contributed by atoms with Crippen LogP contribution in [0.5, 0.6) is 5.75 Å². The number of ether oxygens (including phenoxy) is 1. The lowest BCUT2D eigenvalue weighted by molar-refractivity contribution is -0.112. The number of benzene rings is 2. The molecule has 2 aliphatic heterocycles. The summed E-state index contributed by atoms with van der Waals surface area (Å²) in [6.45, 7) is 14.6. The van der Waals surface area contributed by atoms with Crippen LogP contribution in [0.3, 0.4) is 0 Å². The second-order valence-corrected chi connectivity index (χ2v) is 12.3. The fourth-order valence-corrected chi connectivity index (χ4v) is 6.90. The molecule has 6 heteroatoms. The van der Waals surface area contributed by atoms with E-state index in [0.29, 0.717) is 16.7 Å². The number of rotatable bonds is 8. The van der Waals surface area contributed by atoms with Gasteiger partial charge < -0.3 is 14.5 Å². The van der Waals surface area contributed by atoms with E-state index in [9.17, 15) is 10.1 Å². The zero-order chi connectivity index (χ0) is 30.4. The van der Waals surface area contributed by atoms with Crippen molar-refractivity contribution in [2.24, 2.45) is 0 Å². The van der Waals surface area contributed by atoms with E-state index in [-0.39, 0.29) is 22.8 Å². The number of nitrogens with one attached hydrogen (secondary N) is 1. The Bertz CT molecular complexity index is 1640. The lowest BCUT2D eigenvalue weighted by Gasteiger charge is -2.35. The highest BCUT2D eigenvalue weighted by Gasteiger charge is 2.46. The van der Waals surface area contributed by atoms with Crippen molar-refractivity contribution >= 4 is 23.0 Å². The Labute approximate surface area is 249 Å². The first-order chi connectivity index (χ1) is 20.1. The molecule has 3 aliphatic rings. The van der Waals surface area contributed by atoms with Gasteiger partial charge in [-0.15, -0.1) is 0 Å². The molecule has 1 aliphatic carbocycles. The van der Waals surface area contributed by atoms with Gasteiger partial charge in [-0.25, -0.2) is 0 Å². The summed E-state index contributed by atoms with van der Waals surface area (Å²) in [4.78, 5) is 18.6. The molecule has 0 saturated heterocycles. The molecule has 0 radical (unpaired) electrons. The zero-order valence-electron chi connectivity index (χ0n) is 25.8. The number of fused-ring (bicyclic) bond motifs is 2. The average Bonchev–Trinajstić information content (AvgIpc) is 3.34. The molecule has 2 aromatic carbocycles. The minimum absolute atomic E-state index is 0.0675. The normalized spacial score (nSPS) is 21.7. The van der Waals surface area contributed by atoms with Crippen LogP contribution in [-0.2, 0) is 15.6 Å². The van der Waals surface area contributed by atoms with E-state index in [1.54, 1.807) is 7.11 Å². The third-order valence-corrected chi connectivity index (χ3v) is 9.27. The van der Waals surface area contributed by atoms with Crippen LogP contribution in [0.15, 0.2) is 82.6 Å². The van der Waals surface area contributed by atoms with Crippen LogP contribution in [0.1, 0.15) is 65.5 Å². The fourth-order valence-electron chi connectivity index (χ4n) is 6.90. The van der Waals surface area contributed by atoms with Gasteiger partial charge in [0.1, 0.15) is 17.4 Å². The third-order valence-electron chi connectivity index (χ3n) is 9.27. The number of carbonyl (C=O) groups excluding carboxylic acids is 1. The Kier molecular flexibility index (Phi) is 7.51. The molecular formula is C36H40N4O2. The van der Waals surface area contributed by atoms with E-state index < -0.39 is 5.41 Å². The molecular weight excluding hydrogens is 520 g/mol. The first-order valence-electron chi connectivity index (χ1n) is 14.8. The van der Waals surface area contributed by atoms with Crippen molar-refractivity contribution in [1.29, 1.82) is 10.7 Å². The molecule has 0 amide bonds. The highest BCUT2D eigenvalue weighted by atomic mass is 16.5. The number of anilines is 2. The van der Waals surface area contributed by atoms with Crippen LogP contribution in [0.4, 0.5) is 11.4 Å². The number of Topliss-reactive ketones (excluding diaryl/α,β-unsaturated/α-hetero) is 1. The van der Waals surface area contributed by atoms with Gasteiger partial charge in [-0.1, -0.05) is 59.2 Å². The van der Waals surface area contributed by atoms with Crippen LogP contribution in [0.2, 0.25) is 0 Å². The van der Waals surface area contributed by atoms with Gasteiger partial charge in [-0.05, 0) is 66.8 Å². The van der Waals surface area contributed by atoms with Crippen molar-refractivity contribution in [3.05, 3.63) is 93.7 Å². The highest BCUT2D eigenvalue weighted by Crippen LogP contribution is 2.51. The molecule has 1 unspecified atom stereocenters. The molecule has 0 spiro atoms. The Morgan fingerprint density at radius 3 is 2.48 bits per heavy atom. The number of unbranched alkanes of at least 4 members (excludes halogenated alkanes) is 1. The molecule has 216 valence electrons. The highest BCUT2D eigenvalue weighted by molar-refractivity contribution is 6.24. The largest absolute Gasteiger partial charge is 0.497 e. The first-order valence-corrected chi connectivity index (χ1v) is 14.8. The summed E-state index contributed by atoms with van der Waals surface area (Å²) in [5.74, 6) is 3.02. The number of allylic oxidation sites excluding steroid dienone is 6. The predicted octanol–water partition coefficient (Wildman–Crippen LogP) is 7.17. The molecule has 1 atom stereocenters. The van der Waals surface area contributed by atoms with E-state index in [1.807, 2.05) is 18.2 Å². The van der Waals surface area contributed by atoms with Crippen molar-refractivity contribution in [3.63, 3.8) is 0 Å². The van der Waals surface area contributed by atoms with Crippen molar-refractivity contribution in [2.75, 3.05) is 30.0 Å². The van der Waals surface area contributed by atoms with Crippen LogP contribution < -0.4 is 14.5 Å². The van der Waals surface area contributed by atoms with Gasteiger partial charge >= 0.3 is 0 Å². The lowest BCUT2D eigenvalue weighted by atomic mass is 9.72. The second kappa shape index (κ2) is 10.8. The van der Waals surface area contributed by atoms with Crippen LogP contribution in [0.25, 0.3) is 0 Å². The van der Waals surface area contributed by atoms with Gasteiger partial charge in [0.2, 0.25) is 0 Å². The van der Waals surface area contributed by atoms with Crippen LogP contribution in [-0.4, -0.2) is 37.9 Å². The molecule has 0 fully saturated rings. The maximum atomic E-state index is 14.0. The van der Waals surface area contributed by atoms with Gasteiger partial charge in [0.15, 0.2) is 5.78 Å². The molecule has 5 rings (SSSR count). The van der Waals surface area contributed by atoms with Gasteiger partial charge in [0.25, 0.3) is 0 Å². The minimum atomic E-state index is -0.398. The number of hydrogen-bond donors (Lipinski definition) is 1.